The van der Waals surface area contributed by atoms with E-state index in [9.17, 15) is 4.79 Å². The third-order valence-corrected chi connectivity index (χ3v) is 3.34. The number of hydrogen-bond donors (Lipinski definition) is 0. The van der Waals surface area contributed by atoms with E-state index in [1.807, 2.05) is 24.3 Å². The van der Waals surface area contributed by atoms with Gasteiger partial charge in [0.25, 0.3) is 11.6 Å². The molecule has 0 fully saturated rings. The van der Waals surface area contributed by atoms with Crippen LogP contribution in [0.5, 0.6) is 6.01 Å². The van der Waals surface area contributed by atoms with Crippen LogP contribution in [0.15, 0.2) is 39.6 Å². The number of halogens is 1. The second-order valence-electron chi connectivity index (χ2n) is 3.90. The van der Waals surface area contributed by atoms with Crippen LogP contribution in [0, 0.1) is 6.92 Å². The van der Waals surface area contributed by atoms with Gasteiger partial charge in [-0.1, -0.05) is 34.1 Å². The Morgan fingerprint density at radius 3 is 2.78 bits per heavy atom. The predicted molar refractivity (Wildman–Crippen MR) is 73.0 cm³/mol. The van der Waals surface area contributed by atoms with Gasteiger partial charge in [0.15, 0.2) is 0 Å². The summed E-state index contributed by atoms with van der Waals surface area (Å²) in [6.07, 6.45) is 0. The fraction of sp³-hybridized carbons (Fsp3) is 0.231. The Morgan fingerprint density at radius 2 is 2.11 bits per heavy atom. The Morgan fingerprint density at radius 1 is 1.39 bits per heavy atom. The number of benzene rings is 1. The van der Waals surface area contributed by atoms with Crippen molar-refractivity contribution in [2.24, 2.45) is 0 Å². The number of hydrogen-bond acceptors (Lipinski definition) is 3. The largest absolute Gasteiger partial charge is 0.468 e. The lowest BCUT2D eigenvalue weighted by Gasteiger charge is -2.11. The molecule has 1 heterocycles. The van der Waals surface area contributed by atoms with E-state index in [1.165, 1.54) is 17.7 Å². The van der Waals surface area contributed by atoms with Gasteiger partial charge in [-0.15, -0.1) is 0 Å². The Labute approximate surface area is 113 Å². The summed E-state index contributed by atoms with van der Waals surface area (Å²) in [5.41, 5.74) is 1.54. The lowest BCUT2D eigenvalue weighted by atomic mass is 10.2. The molecule has 0 saturated heterocycles. The summed E-state index contributed by atoms with van der Waals surface area (Å²) in [6, 6.07) is 9.58. The smallest absolute Gasteiger partial charge is 0.299 e. The fourth-order valence-corrected chi connectivity index (χ4v) is 2.10. The van der Waals surface area contributed by atoms with Crippen LogP contribution in [0.3, 0.4) is 0 Å². The number of ether oxygens (including phenoxy) is 1. The molecule has 1 aromatic carbocycles. The molecule has 0 aliphatic rings. The number of aryl methyl sites for hydroxylation is 1. The molecular formula is C13H13BrN2O2. The number of nitrogens with zero attached hydrogens (tertiary/aromatic N) is 2. The first-order chi connectivity index (χ1) is 8.61. The molecule has 0 aliphatic carbocycles. The van der Waals surface area contributed by atoms with Gasteiger partial charge < -0.3 is 4.74 Å². The molecule has 1 aromatic heterocycles. The molecule has 0 N–H and O–H groups in total. The van der Waals surface area contributed by atoms with Gasteiger partial charge in [0.2, 0.25) is 0 Å². The van der Waals surface area contributed by atoms with Crippen LogP contribution in [0.2, 0.25) is 0 Å². The summed E-state index contributed by atoms with van der Waals surface area (Å²) in [5.74, 6) is 0. The molecule has 0 spiro atoms. The van der Waals surface area contributed by atoms with E-state index in [0.29, 0.717) is 18.2 Å². The van der Waals surface area contributed by atoms with Gasteiger partial charge in [0.05, 0.1) is 13.7 Å². The van der Waals surface area contributed by atoms with Crippen molar-refractivity contribution in [3.63, 3.8) is 0 Å². The third kappa shape index (κ3) is 2.61. The van der Waals surface area contributed by atoms with E-state index in [0.717, 1.165) is 10.0 Å². The normalized spacial score (nSPS) is 10.4. The van der Waals surface area contributed by atoms with Gasteiger partial charge in [0.1, 0.15) is 0 Å². The average Bonchev–Trinajstić information content (AvgIpc) is 2.34. The molecule has 18 heavy (non-hydrogen) atoms. The molecule has 0 unspecified atom stereocenters. The monoisotopic (exact) mass is 308 g/mol. The van der Waals surface area contributed by atoms with Crippen molar-refractivity contribution in [2.45, 2.75) is 13.5 Å². The van der Waals surface area contributed by atoms with E-state index >= 15 is 0 Å². The summed E-state index contributed by atoms with van der Waals surface area (Å²) < 4.78 is 7.62. The second-order valence-corrected chi connectivity index (χ2v) is 4.75. The summed E-state index contributed by atoms with van der Waals surface area (Å²) in [7, 11) is 1.51. The number of aromatic nitrogens is 2. The third-order valence-electron chi connectivity index (χ3n) is 2.57. The van der Waals surface area contributed by atoms with Gasteiger partial charge >= 0.3 is 0 Å². The second kappa shape index (κ2) is 5.35. The van der Waals surface area contributed by atoms with Crippen molar-refractivity contribution in [2.75, 3.05) is 7.11 Å². The molecule has 0 aliphatic heterocycles. The predicted octanol–water partition coefficient (Wildman–Crippen LogP) is 2.37. The van der Waals surface area contributed by atoms with Crippen LogP contribution in [-0.4, -0.2) is 16.7 Å². The first-order valence-corrected chi connectivity index (χ1v) is 6.27. The quantitative estimate of drug-likeness (QED) is 0.874. The maximum absolute atomic E-state index is 12.0. The number of methoxy groups -OCH3 is 1. The van der Waals surface area contributed by atoms with Gasteiger partial charge in [0, 0.05) is 16.2 Å². The molecule has 0 saturated carbocycles. The van der Waals surface area contributed by atoms with E-state index < -0.39 is 0 Å². The van der Waals surface area contributed by atoms with E-state index in [1.54, 1.807) is 6.92 Å². The first-order valence-electron chi connectivity index (χ1n) is 5.47. The van der Waals surface area contributed by atoms with Gasteiger partial charge in [-0.2, -0.15) is 0 Å². The van der Waals surface area contributed by atoms with Crippen molar-refractivity contribution >= 4 is 15.9 Å². The van der Waals surface area contributed by atoms with Crippen LogP contribution in [-0.2, 0) is 6.54 Å². The summed E-state index contributed by atoms with van der Waals surface area (Å²) >= 11 is 3.46. The molecule has 2 aromatic rings. The van der Waals surface area contributed by atoms with Gasteiger partial charge in [-0.25, -0.2) is 4.98 Å². The zero-order valence-electron chi connectivity index (χ0n) is 10.2. The Balaban J connectivity index is 2.47. The van der Waals surface area contributed by atoms with E-state index in [4.69, 9.17) is 4.74 Å². The average molecular weight is 309 g/mol. The standard InChI is InChI=1S/C13H13BrN2O2/c1-9-7-12(17)16(13(15-9)18-2)8-10-5-3-4-6-11(10)14/h3-7H,8H2,1-2H3. The minimum atomic E-state index is -0.116. The lowest BCUT2D eigenvalue weighted by Crippen LogP contribution is -2.23. The van der Waals surface area contributed by atoms with Crippen molar-refractivity contribution in [3.8, 4) is 6.01 Å². The zero-order valence-corrected chi connectivity index (χ0v) is 11.8. The summed E-state index contributed by atoms with van der Waals surface area (Å²) in [6.45, 7) is 2.20. The topological polar surface area (TPSA) is 44.1 Å². The van der Waals surface area contributed by atoms with E-state index in [2.05, 4.69) is 20.9 Å². The SMILES string of the molecule is COc1nc(C)cc(=O)n1Cc1ccccc1Br. The van der Waals surface area contributed by atoms with Crippen molar-refractivity contribution < 1.29 is 4.74 Å². The van der Waals surface area contributed by atoms with Crippen molar-refractivity contribution in [3.05, 3.63) is 56.4 Å². The van der Waals surface area contributed by atoms with Crippen LogP contribution < -0.4 is 10.3 Å². The Hall–Kier alpha value is -1.62. The first kappa shape index (κ1) is 12.8. The maximum atomic E-state index is 12.0. The van der Waals surface area contributed by atoms with Crippen molar-refractivity contribution in [1.29, 1.82) is 0 Å². The minimum Gasteiger partial charge on any atom is -0.468 e. The van der Waals surface area contributed by atoms with Crippen LogP contribution >= 0.6 is 15.9 Å². The van der Waals surface area contributed by atoms with Crippen LogP contribution in [0.1, 0.15) is 11.3 Å². The highest BCUT2D eigenvalue weighted by atomic mass is 79.9. The summed E-state index contributed by atoms with van der Waals surface area (Å²) in [5, 5.41) is 0. The summed E-state index contributed by atoms with van der Waals surface area (Å²) in [4.78, 5) is 16.2. The fourth-order valence-electron chi connectivity index (χ4n) is 1.69. The molecule has 0 atom stereocenters. The Bertz CT molecular complexity index is 623. The minimum absolute atomic E-state index is 0.116. The highest BCUT2D eigenvalue weighted by molar-refractivity contribution is 9.10. The highest BCUT2D eigenvalue weighted by Gasteiger charge is 2.09. The molecule has 0 radical (unpaired) electrons. The molecule has 94 valence electrons. The van der Waals surface area contributed by atoms with Gasteiger partial charge in [-0.3, -0.25) is 9.36 Å². The Kier molecular flexibility index (Phi) is 3.81. The van der Waals surface area contributed by atoms with Crippen molar-refractivity contribution in [1.82, 2.24) is 9.55 Å². The maximum Gasteiger partial charge on any atom is 0.299 e. The van der Waals surface area contributed by atoms with Crippen LogP contribution in [0.25, 0.3) is 0 Å². The molecule has 0 bridgehead atoms. The lowest BCUT2D eigenvalue weighted by molar-refractivity contribution is 0.349. The molecule has 2 rings (SSSR count). The molecule has 5 heteroatoms. The molecule has 0 amide bonds. The number of rotatable bonds is 3. The highest BCUT2D eigenvalue weighted by Crippen LogP contribution is 2.18. The van der Waals surface area contributed by atoms with E-state index in [-0.39, 0.29) is 5.56 Å². The van der Waals surface area contributed by atoms with Crippen LogP contribution in [0.4, 0.5) is 0 Å². The molecular weight excluding hydrogens is 296 g/mol. The zero-order chi connectivity index (χ0) is 13.1. The van der Waals surface area contributed by atoms with Gasteiger partial charge in [-0.05, 0) is 18.6 Å². The molecule has 4 nitrogen and oxygen atoms in total.